The van der Waals surface area contributed by atoms with Crippen LogP contribution in [0.3, 0.4) is 0 Å². The summed E-state index contributed by atoms with van der Waals surface area (Å²) in [6.45, 7) is 6.62. The minimum Gasteiger partial charge on any atom is -0.309 e. The zero-order valence-corrected chi connectivity index (χ0v) is 19.6. The van der Waals surface area contributed by atoms with Gasteiger partial charge in [0.05, 0.1) is 0 Å². The maximum atomic E-state index is 15.4. The Bertz CT molecular complexity index is 1380. The van der Waals surface area contributed by atoms with Crippen molar-refractivity contribution in [3.05, 3.63) is 115 Å². The van der Waals surface area contributed by atoms with Crippen molar-refractivity contribution in [3.8, 4) is 0 Å². The number of hydrogen-bond donors (Lipinski definition) is 0. The van der Waals surface area contributed by atoms with E-state index in [4.69, 9.17) is 0 Å². The van der Waals surface area contributed by atoms with Gasteiger partial charge in [-0.1, -0.05) is 130 Å². The summed E-state index contributed by atoms with van der Waals surface area (Å²) in [5.74, 6) is 0. The van der Waals surface area contributed by atoms with Crippen LogP contribution in [0.5, 0.6) is 0 Å². The van der Waals surface area contributed by atoms with Crippen LogP contribution in [0.15, 0.2) is 109 Å². The standard InChI is InChI=1S/C30H27OP/c1-30(2,3)24-18-20-25(21-19-24)32(31,28-16-8-12-22-10-4-6-14-26(22)28)29-17-9-13-23-11-5-7-15-27(23)29/h4-21H,1-3H3. The van der Waals surface area contributed by atoms with Crippen molar-refractivity contribution in [3.63, 3.8) is 0 Å². The van der Waals surface area contributed by atoms with Crippen molar-refractivity contribution < 1.29 is 4.57 Å². The number of fused-ring (bicyclic) bond motifs is 2. The Labute approximate surface area is 190 Å². The van der Waals surface area contributed by atoms with Crippen molar-refractivity contribution in [2.75, 3.05) is 0 Å². The van der Waals surface area contributed by atoms with Gasteiger partial charge in [0.25, 0.3) is 0 Å². The van der Waals surface area contributed by atoms with E-state index in [2.05, 4.69) is 81.4 Å². The highest BCUT2D eigenvalue weighted by Crippen LogP contribution is 2.46. The lowest BCUT2D eigenvalue weighted by atomic mass is 9.87. The third-order valence-electron chi connectivity index (χ3n) is 6.31. The topological polar surface area (TPSA) is 17.1 Å². The van der Waals surface area contributed by atoms with Gasteiger partial charge < -0.3 is 4.57 Å². The van der Waals surface area contributed by atoms with E-state index in [1.165, 1.54) is 5.56 Å². The second-order valence-corrected chi connectivity index (χ2v) is 12.1. The molecule has 1 nitrogen and oxygen atoms in total. The second-order valence-electron chi connectivity index (χ2n) is 9.40. The molecule has 0 aliphatic carbocycles. The van der Waals surface area contributed by atoms with Crippen LogP contribution in [0.4, 0.5) is 0 Å². The molecule has 5 aromatic carbocycles. The van der Waals surface area contributed by atoms with E-state index in [1.54, 1.807) is 0 Å². The molecule has 0 aliphatic rings. The molecule has 5 rings (SSSR count). The predicted octanol–water partition coefficient (Wildman–Crippen LogP) is 6.93. The van der Waals surface area contributed by atoms with E-state index >= 15 is 4.57 Å². The summed E-state index contributed by atoms with van der Waals surface area (Å²) in [4.78, 5) is 0. The average molecular weight is 435 g/mol. The molecule has 0 N–H and O–H groups in total. The molecule has 5 aromatic rings. The van der Waals surface area contributed by atoms with Crippen LogP contribution in [-0.4, -0.2) is 0 Å². The monoisotopic (exact) mass is 434 g/mol. The largest absolute Gasteiger partial charge is 0.309 e. The van der Waals surface area contributed by atoms with Crippen molar-refractivity contribution in [2.24, 2.45) is 0 Å². The SMILES string of the molecule is CC(C)(C)c1ccc(P(=O)(c2cccc3ccccc23)c2cccc3ccccc23)cc1. The lowest BCUT2D eigenvalue weighted by Gasteiger charge is -2.25. The zero-order valence-electron chi connectivity index (χ0n) is 18.7. The highest BCUT2D eigenvalue weighted by molar-refractivity contribution is 7.86. The lowest BCUT2D eigenvalue weighted by Crippen LogP contribution is -2.26. The Kier molecular flexibility index (Phi) is 5.03. The van der Waals surface area contributed by atoms with Crippen LogP contribution in [0.1, 0.15) is 26.3 Å². The molecule has 158 valence electrons. The first-order valence-electron chi connectivity index (χ1n) is 11.1. The molecule has 0 aliphatic heterocycles. The lowest BCUT2D eigenvalue weighted by molar-refractivity contribution is 0.589. The minimum absolute atomic E-state index is 0.0431. The molecule has 2 heteroatoms. The van der Waals surface area contributed by atoms with Gasteiger partial charge in [0.1, 0.15) is 0 Å². The van der Waals surface area contributed by atoms with Crippen LogP contribution in [0.2, 0.25) is 0 Å². The molecule has 0 amide bonds. The fourth-order valence-electron chi connectivity index (χ4n) is 4.55. The van der Waals surface area contributed by atoms with Gasteiger partial charge in [-0.25, -0.2) is 0 Å². The molecular formula is C30H27OP. The molecule has 0 atom stereocenters. The Hall–Kier alpha value is -3.15. The maximum Gasteiger partial charge on any atom is 0.172 e. The number of benzene rings is 5. The Balaban J connectivity index is 1.87. The quantitative estimate of drug-likeness (QED) is 0.281. The first-order chi connectivity index (χ1) is 15.4. The first-order valence-corrected chi connectivity index (χ1v) is 12.8. The van der Waals surface area contributed by atoms with E-state index in [1.807, 2.05) is 48.5 Å². The van der Waals surface area contributed by atoms with Crippen LogP contribution < -0.4 is 15.9 Å². The average Bonchev–Trinajstić information content (AvgIpc) is 2.82. The number of rotatable bonds is 3. The summed E-state index contributed by atoms with van der Waals surface area (Å²) in [6, 6.07) is 37.2. The summed E-state index contributed by atoms with van der Waals surface area (Å²) in [5.41, 5.74) is 1.28. The van der Waals surface area contributed by atoms with E-state index in [0.717, 1.165) is 37.5 Å². The van der Waals surface area contributed by atoms with E-state index in [-0.39, 0.29) is 5.41 Å². The van der Waals surface area contributed by atoms with Crippen molar-refractivity contribution in [1.82, 2.24) is 0 Å². The van der Waals surface area contributed by atoms with E-state index in [0.29, 0.717) is 0 Å². The Morgan fingerprint density at radius 2 is 0.969 bits per heavy atom. The summed E-state index contributed by atoms with van der Waals surface area (Å²) >= 11 is 0. The molecule has 0 saturated heterocycles. The molecule has 0 bridgehead atoms. The third kappa shape index (κ3) is 3.38. The van der Waals surface area contributed by atoms with Crippen molar-refractivity contribution in [1.29, 1.82) is 0 Å². The predicted molar refractivity (Wildman–Crippen MR) is 140 cm³/mol. The zero-order chi connectivity index (χ0) is 22.3. The fourth-order valence-corrected chi connectivity index (χ4v) is 7.61. The first kappa shape index (κ1) is 20.7. The maximum absolute atomic E-state index is 15.4. The van der Waals surface area contributed by atoms with Crippen LogP contribution in [-0.2, 0) is 9.98 Å². The fraction of sp³-hybridized carbons (Fsp3) is 0.133. The van der Waals surface area contributed by atoms with Crippen molar-refractivity contribution in [2.45, 2.75) is 26.2 Å². The molecule has 0 aromatic heterocycles. The summed E-state index contributed by atoms with van der Waals surface area (Å²) in [7, 11) is -3.14. The molecule has 0 unspecified atom stereocenters. The molecule has 0 fully saturated rings. The van der Waals surface area contributed by atoms with Gasteiger partial charge in [0.2, 0.25) is 0 Å². The molecular weight excluding hydrogens is 407 g/mol. The second kappa shape index (κ2) is 7.76. The highest BCUT2D eigenvalue weighted by atomic mass is 31.2. The summed E-state index contributed by atoms with van der Waals surface area (Å²) in [5, 5.41) is 6.98. The normalized spacial score (nSPS) is 12.3. The van der Waals surface area contributed by atoms with Crippen LogP contribution >= 0.6 is 7.14 Å². The number of hydrogen-bond acceptors (Lipinski definition) is 1. The van der Waals surface area contributed by atoms with Gasteiger partial charge in [-0.05, 0) is 32.5 Å². The summed E-state index contributed by atoms with van der Waals surface area (Å²) < 4.78 is 15.4. The van der Waals surface area contributed by atoms with Gasteiger partial charge >= 0.3 is 0 Å². The van der Waals surface area contributed by atoms with Gasteiger partial charge in [0, 0.05) is 15.9 Å². The van der Waals surface area contributed by atoms with Crippen molar-refractivity contribution >= 4 is 44.6 Å². The summed E-state index contributed by atoms with van der Waals surface area (Å²) in [6.07, 6.45) is 0. The molecule has 0 spiro atoms. The molecule has 0 heterocycles. The minimum atomic E-state index is -3.14. The van der Waals surface area contributed by atoms with Gasteiger partial charge in [-0.15, -0.1) is 0 Å². The van der Waals surface area contributed by atoms with E-state index in [9.17, 15) is 0 Å². The smallest absolute Gasteiger partial charge is 0.172 e. The Morgan fingerprint density at radius 1 is 0.531 bits per heavy atom. The molecule has 0 radical (unpaired) electrons. The van der Waals surface area contributed by atoms with Gasteiger partial charge in [-0.2, -0.15) is 0 Å². The highest BCUT2D eigenvalue weighted by Gasteiger charge is 2.33. The van der Waals surface area contributed by atoms with E-state index < -0.39 is 7.14 Å². The Morgan fingerprint density at radius 3 is 1.44 bits per heavy atom. The van der Waals surface area contributed by atoms with Crippen LogP contribution in [0.25, 0.3) is 21.5 Å². The van der Waals surface area contributed by atoms with Gasteiger partial charge in [0.15, 0.2) is 7.14 Å². The molecule has 0 saturated carbocycles. The third-order valence-corrected chi connectivity index (χ3v) is 9.47. The van der Waals surface area contributed by atoms with Crippen LogP contribution in [0, 0.1) is 0 Å². The van der Waals surface area contributed by atoms with Gasteiger partial charge in [-0.3, -0.25) is 0 Å². The molecule has 32 heavy (non-hydrogen) atoms.